The number of anilines is 2. The number of hydrogen-bond acceptors (Lipinski definition) is 3. The monoisotopic (exact) mass is 208 g/mol. The molecule has 0 spiro atoms. The first-order valence-electron chi connectivity index (χ1n) is 4.48. The Balaban J connectivity index is 2.42. The van der Waals surface area contributed by atoms with Crippen LogP contribution >= 0.6 is 0 Å². The minimum atomic E-state index is -0.388. The second-order valence-corrected chi connectivity index (χ2v) is 3.26. The van der Waals surface area contributed by atoms with Gasteiger partial charge in [0.1, 0.15) is 12.1 Å². The van der Waals surface area contributed by atoms with E-state index in [1.54, 1.807) is 0 Å². The summed E-state index contributed by atoms with van der Waals surface area (Å²) >= 11 is 0. The van der Waals surface area contributed by atoms with E-state index in [1.807, 2.05) is 0 Å². The number of nitrogens with zero attached hydrogens (tertiary/aromatic N) is 1. The molecule has 1 heterocycles. The fourth-order valence-electron chi connectivity index (χ4n) is 1.57. The number of amides is 1. The second kappa shape index (κ2) is 3.68. The van der Waals surface area contributed by atoms with Crippen LogP contribution in [0.3, 0.4) is 0 Å². The fraction of sp³-hybridized carbons (Fsp3) is 0.200. The summed E-state index contributed by atoms with van der Waals surface area (Å²) in [5.41, 5.74) is 1.08. The minimum absolute atomic E-state index is 0.0786. The molecule has 5 heteroatoms. The normalized spacial score (nSPS) is 14.5. The maximum Gasteiger partial charge on any atom is 0.243 e. The maximum atomic E-state index is 13.0. The van der Waals surface area contributed by atoms with E-state index < -0.39 is 0 Å². The van der Waals surface area contributed by atoms with E-state index in [-0.39, 0.29) is 24.8 Å². The molecule has 4 nitrogen and oxygen atoms in total. The third-order valence-corrected chi connectivity index (χ3v) is 2.20. The van der Waals surface area contributed by atoms with Gasteiger partial charge in [0.2, 0.25) is 5.91 Å². The Labute approximate surface area is 85.7 Å². The number of rotatable bonds is 2. The van der Waals surface area contributed by atoms with Gasteiger partial charge in [-0.25, -0.2) is 4.39 Å². The van der Waals surface area contributed by atoms with E-state index in [4.69, 9.17) is 0 Å². The number of carbonyl (C=O) groups is 2. The van der Waals surface area contributed by atoms with Gasteiger partial charge in [0.05, 0.1) is 24.5 Å². The van der Waals surface area contributed by atoms with Crippen molar-refractivity contribution in [3.05, 3.63) is 24.0 Å². The molecule has 1 aromatic rings. The molecular weight excluding hydrogens is 199 g/mol. The quantitative estimate of drug-likeness (QED) is 0.731. The molecule has 15 heavy (non-hydrogen) atoms. The van der Waals surface area contributed by atoms with Gasteiger partial charge in [-0.1, -0.05) is 0 Å². The number of fused-ring (bicyclic) bond motifs is 1. The summed E-state index contributed by atoms with van der Waals surface area (Å²) in [6.07, 6.45) is 0.688. The molecule has 0 aromatic heterocycles. The van der Waals surface area contributed by atoms with E-state index in [0.717, 1.165) is 0 Å². The first-order chi connectivity index (χ1) is 7.20. The van der Waals surface area contributed by atoms with Crippen molar-refractivity contribution in [3.8, 4) is 0 Å². The molecule has 1 N–H and O–H groups in total. The van der Waals surface area contributed by atoms with Gasteiger partial charge < -0.3 is 15.0 Å². The first kappa shape index (κ1) is 9.64. The van der Waals surface area contributed by atoms with Crippen molar-refractivity contribution in [3.63, 3.8) is 0 Å². The van der Waals surface area contributed by atoms with Gasteiger partial charge in [-0.05, 0) is 18.2 Å². The smallest absolute Gasteiger partial charge is 0.243 e. The van der Waals surface area contributed by atoms with E-state index in [2.05, 4.69) is 5.32 Å². The number of hydrogen-bond donors (Lipinski definition) is 1. The second-order valence-electron chi connectivity index (χ2n) is 3.26. The number of halogens is 1. The number of aldehydes is 1. The Morgan fingerprint density at radius 3 is 3.07 bits per heavy atom. The highest BCUT2D eigenvalue weighted by Gasteiger charge is 2.21. The van der Waals surface area contributed by atoms with Crippen molar-refractivity contribution >= 4 is 23.6 Å². The van der Waals surface area contributed by atoms with Crippen molar-refractivity contribution in [1.82, 2.24) is 0 Å². The van der Waals surface area contributed by atoms with Crippen LogP contribution < -0.4 is 10.2 Å². The zero-order chi connectivity index (χ0) is 10.8. The molecule has 1 aliphatic rings. The van der Waals surface area contributed by atoms with Crippen LogP contribution in [0.5, 0.6) is 0 Å². The molecule has 1 amide bonds. The lowest BCUT2D eigenvalue weighted by molar-refractivity contribution is -0.115. The highest BCUT2D eigenvalue weighted by atomic mass is 19.1. The third kappa shape index (κ3) is 1.81. The molecule has 0 saturated carbocycles. The molecule has 0 radical (unpaired) electrons. The molecule has 0 saturated heterocycles. The highest BCUT2D eigenvalue weighted by Crippen LogP contribution is 2.29. The molecular formula is C10H9FN2O2. The lowest BCUT2D eigenvalue weighted by atomic mass is 10.2. The lowest BCUT2D eigenvalue weighted by Gasteiger charge is -2.29. The Morgan fingerprint density at radius 2 is 2.33 bits per heavy atom. The fourth-order valence-corrected chi connectivity index (χ4v) is 1.57. The third-order valence-electron chi connectivity index (χ3n) is 2.20. The zero-order valence-corrected chi connectivity index (χ0v) is 7.87. The molecule has 2 rings (SSSR count). The van der Waals surface area contributed by atoms with Crippen LogP contribution in [0.15, 0.2) is 18.2 Å². The molecule has 0 aliphatic carbocycles. The molecule has 0 unspecified atom stereocenters. The SMILES string of the molecule is O=CCN1CC(=O)Nc2ccc(F)cc21. The summed E-state index contributed by atoms with van der Waals surface area (Å²) in [4.78, 5) is 23.2. The van der Waals surface area contributed by atoms with Crippen molar-refractivity contribution in [2.24, 2.45) is 0 Å². The summed E-state index contributed by atoms with van der Waals surface area (Å²) < 4.78 is 13.0. The standard InChI is InChI=1S/C10H9FN2O2/c11-7-1-2-8-9(5-7)13(3-4-14)6-10(15)12-8/h1-2,4-5H,3,6H2,(H,12,15). The number of carbonyl (C=O) groups excluding carboxylic acids is 2. The zero-order valence-electron chi connectivity index (χ0n) is 7.87. The number of nitrogens with one attached hydrogen (secondary N) is 1. The van der Waals surface area contributed by atoms with E-state index >= 15 is 0 Å². The van der Waals surface area contributed by atoms with Gasteiger partial charge in [-0.2, -0.15) is 0 Å². The molecule has 78 valence electrons. The molecule has 0 fully saturated rings. The van der Waals surface area contributed by atoms with Crippen LogP contribution in [0.25, 0.3) is 0 Å². The Morgan fingerprint density at radius 1 is 1.53 bits per heavy atom. The van der Waals surface area contributed by atoms with Crippen molar-refractivity contribution in [2.45, 2.75) is 0 Å². The Kier molecular flexibility index (Phi) is 2.37. The Hall–Kier alpha value is -1.91. The number of benzene rings is 1. The van der Waals surface area contributed by atoms with Crippen LogP contribution in [0.4, 0.5) is 15.8 Å². The van der Waals surface area contributed by atoms with Crippen LogP contribution in [-0.2, 0) is 9.59 Å². The summed E-state index contributed by atoms with van der Waals surface area (Å²) in [5, 5.41) is 2.61. The van der Waals surface area contributed by atoms with Crippen LogP contribution in [0, 0.1) is 5.82 Å². The van der Waals surface area contributed by atoms with Crippen LogP contribution in [0.1, 0.15) is 0 Å². The van der Waals surface area contributed by atoms with Gasteiger partial charge in [-0.3, -0.25) is 4.79 Å². The Bertz CT molecular complexity index is 420. The van der Waals surface area contributed by atoms with E-state index in [0.29, 0.717) is 17.7 Å². The molecule has 0 bridgehead atoms. The first-order valence-corrected chi connectivity index (χ1v) is 4.48. The van der Waals surface area contributed by atoms with E-state index in [9.17, 15) is 14.0 Å². The van der Waals surface area contributed by atoms with Crippen molar-refractivity contribution < 1.29 is 14.0 Å². The summed E-state index contributed by atoms with van der Waals surface area (Å²) in [5.74, 6) is -0.586. The van der Waals surface area contributed by atoms with Crippen molar-refractivity contribution in [1.29, 1.82) is 0 Å². The molecule has 1 aromatic carbocycles. The topological polar surface area (TPSA) is 49.4 Å². The highest BCUT2D eigenvalue weighted by molar-refractivity contribution is 6.01. The largest absolute Gasteiger partial charge is 0.353 e. The van der Waals surface area contributed by atoms with Crippen molar-refractivity contribution in [2.75, 3.05) is 23.3 Å². The predicted octanol–water partition coefficient (Wildman–Crippen LogP) is 0.783. The van der Waals surface area contributed by atoms with Gasteiger partial charge in [-0.15, -0.1) is 0 Å². The summed E-state index contributed by atoms with van der Waals surface area (Å²) in [7, 11) is 0. The predicted molar refractivity (Wildman–Crippen MR) is 53.3 cm³/mol. The summed E-state index contributed by atoms with van der Waals surface area (Å²) in [6.45, 7) is 0.166. The van der Waals surface area contributed by atoms with Gasteiger partial charge in [0.15, 0.2) is 0 Å². The van der Waals surface area contributed by atoms with Gasteiger partial charge in [0, 0.05) is 0 Å². The van der Waals surface area contributed by atoms with E-state index in [1.165, 1.54) is 23.1 Å². The van der Waals surface area contributed by atoms with Gasteiger partial charge >= 0.3 is 0 Å². The van der Waals surface area contributed by atoms with Gasteiger partial charge in [0.25, 0.3) is 0 Å². The maximum absolute atomic E-state index is 13.0. The lowest BCUT2D eigenvalue weighted by Crippen LogP contribution is -2.39. The molecule has 1 aliphatic heterocycles. The minimum Gasteiger partial charge on any atom is -0.353 e. The average molecular weight is 208 g/mol. The van der Waals surface area contributed by atoms with Crippen LogP contribution in [-0.4, -0.2) is 25.3 Å². The summed E-state index contributed by atoms with van der Waals surface area (Å²) in [6, 6.07) is 4.06. The average Bonchev–Trinajstić information content (AvgIpc) is 2.19. The van der Waals surface area contributed by atoms with Crippen LogP contribution in [0.2, 0.25) is 0 Å². The molecule has 0 atom stereocenters.